The lowest BCUT2D eigenvalue weighted by atomic mass is 10.0. The van der Waals surface area contributed by atoms with Gasteiger partial charge in [0.25, 0.3) is 5.69 Å². The van der Waals surface area contributed by atoms with Gasteiger partial charge in [-0.15, -0.1) is 0 Å². The van der Waals surface area contributed by atoms with E-state index in [1.165, 1.54) is 4.90 Å². The number of hydrogen-bond donors (Lipinski definition) is 1. The molecule has 0 unspecified atom stereocenters. The molecule has 1 N–H and O–H groups in total. The Hall–Kier alpha value is -2.52. The third-order valence-corrected chi connectivity index (χ3v) is 3.95. The molecule has 150 valence electrons. The number of piperidine rings is 1. The number of halogens is 3. The van der Waals surface area contributed by atoms with Crippen LogP contribution in [-0.4, -0.2) is 40.6 Å². The first-order valence-electron chi connectivity index (χ1n) is 8.47. The highest BCUT2D eigenvalue weighted by Gasteiger charge is 2.33. The van der Waals surface area contributed by atoms with E-state index in [9.17, 15) is 28.1 Å². The fraction of sp³-hybridized carbons (Fsp3) is 0.588. The molecule has 1 aromatic carbocycles. The molecular weight excluding hydrogens is 367 g/mol. The van der Waals surface area contributed by atoms with Gasteiger partial charge in [0, 0.05) is 25.2 Å². The summed E-state index contributed by atoms with van der Waals surface area (Å²) in [7, 11) is 0. The maximum Gasteiger partial charge on any atom is 0.416 e. The van der Waals surface area contributed by atoms with E-state index in [0.29, 0.717) is 25.5 Å². The Morgan fingerprint density at radius 3 is 2.56 bits per heavy atom. The van der Waals surface area contributed by atoms with E-state index >= 15 is 0 Å². The molecule has 0 aliphatic carbocycles. The molecule has 1 aliphatic rings. The molecule has 10 heteroatoms. The number of nitrogens with zero attached hydrogens (tertiary/aromatic N) is 2. The summed E-state index contributed by atoms with van der Waals surface area (Å²) >= 11 is 0. The Balaban J connectivity index is 2.18. The van der Waals surface area contributed by atoms with E-state index < -0.39 is 40.1 Å². The Kier molecular flexibility index (Phi) is 5.86. The van der Waals surface area contributed by atoms with Gasteiger partial charge in [0.05, 0.1) is 10.5 Å². The molecule has 2 rings (SSSR count). The Morgan fingerprint density at radius 2 is 2.00 bits per heavy atom. The predicted molar refractivity (Wildman–Crippen MR) is 92.6 cm³/mol. The van der Waals surface area contributed by atoms with Gasteiger partial charge in [-0.1, -0.05) is 0 Å². The minimum absolute atomic E-state index is 0.183. The first kappa shape index (κ1) is 20.8. The molecule has 1 saturated heterocycles. The number of hydrogen-bond acceptors (Lipinski definition) is 5. The number of benzene rings is 1. The summed E-state index contributed by atoms with van der Waals surface area (Å²) in [5.41, 5.74) is -2.31. The van der Waals surface area contributed by atoms with Gasteiger partial charge in [-0.3, -0.25) is 10.1 Å². The number of carbonyl (C=O) groups excluding carboxylic acids is 1. The SMILES string of the molecule is CC(C)(C)OC(=O)N1CCC[C@@H](Nc2cc(C(F)(F)F)ccc2[N+](=O)[O-])C1. The predicted octanol–water partition coefficient (Wildman–Crippen LogP) is 4.43. The van der Waals surface area contributed by atoms with Gasteiger partial charge in [-0.05, 0) is 45.7 Å². The van der Waals surface area contributed by atoms with Crippen LogP contribution in [0, 0.1) is 10.1 Å². The van der Waals surface area contributed by atoms with Crippen molar-refractivity contribution in [3.05, 3.63) is 33.9 Å². The van der Waals surface area contributed by atoms with Crippen molar-refractivity contribution >= 4 is 17.5 Å². The van der Waals surface area contributed by atoms with Crippen molar-refractivity contribution in [1.29, 1.82) is 0 Å². The van der Waals surface area contributed by atoms with Crippen LogP contribution in [0.4, 0.5) is 29.3 Å². The van der Waals surface area contributed by atoms with E-state index in [1.54, 1.807) is 20.8 Å². The number of nitro groups is 1. The van der Waals surface area contributed by atoms with Crippen LogP contribution in [0.5, 0.6) is 0 Å². The van der Waals surface area contributed by atoms with Crippen molar-refractivity contribution in [1.82, 2.24) is 4.90 Å². The molecule has 1 aromatic rings. The van der Waals surface area contributed by atoms with Crippen LogP contribution < -0.4 is 5.32 Å². The Morgan fingerprint density at radius 1 is 1.33 bits per heavy atom. The van der Waals surface area contributed by atoms with Crippen LogP contribution >= 0.6 is 0 Å². The molecule has 0 saturated carbocycles. The van der Waals surface area contributed by atoms with Crippen LogP contribution in [0.1, 0.15) is 39.2 Å². The molecule has 1 heterocycles. The second-order valence-electron chi connectivity index (χ2n) is 7.40. The van der Waals surface area contributed by atoms with Gasteiger partial charge in [0.15, 0.2) is 0 Å². The fourth-order valence-corrected chi connectivity index (χ4v) is 2.79. The molecule has 1 atom stereocenters. The topological polar surface area (TPSA) is 84.7 Å². The van der Waals surface area contributed by atoms with Crippen LogP contribution in [0.25, 0.3) is 0 Å². The summed E-state index contributed by atoms with van der Waals surface area (Å²) in [6.07, 6.45) is -3.97. The van der Waals surface area contributed by atoms with Crippen LogP contribution in [0.3, 0.4) is 0 Å². The molecule has 1 fully saturated rings. The first-order chi connectivity index (χ1) is 12.4. The van der Waals surface area contributed by atoms with Crippen LogP contribution in [0.15, 0.2) is 18.2 Å². The summed E-state index contributed by atoms with van der Waals surface area (Å²) in [6, 6.07) is 1.81. The van der Waals surface area contributed by atoms with Gasteiger partial charge in [0.1, 0.15) is 11.3 Å². The number of ether oxygens (including phenoxy) is 1. The fourth-order valence-electron chi connectivity index (χ4n) is 2.79. The zero-order valence-electron chi connectivity index (χ0n) is 15.3. The van der Waals surface area contributed by atoms with E-state index in [1.807, 2.05) is 0 Å². The number of nitrogens with one attached hydrogen (secondary N) is 1. The minimum Gasteiger partial charge on any atom is -0.444 e. The molecular formula is C17H22F3N3O4. The van der Waals surface area contributed by atoms with Crippen molar-refractivity contribution in [2.24, 2.45) is 0 Å². The number of likely N-dealkylation sites (tertiary alicyclic amines) is 1. The average molecular weight is 389 g/mol. The zero-order chi connectivity index (χ0) is 20.4. The van der Waals surface area contributed by atoms with Crippen molar-refractivity contribution in [2.75, 3.05) is 18.4 Å². The smallest absolute Gasteiger partial charge is 0.416 e. The molecule has 1 amide bonds. The second-order valence-corrected chi connectivity index (χ2v) is 7.40. The molecule has 1 aliphatic heterocycles. The maximum atomic E-state index is 12.9. The summed E-state index contributed by atoms with van der Waals surface area (Å²) in [4.78, 5) is 24.1. The first-order valence-corrected chi connectivity index (χ1v) is 8.47. The van der Waals surface area contributed by atoms with E-state index in [4.69, 9.17) is 4.74 Å². The lowest BCUT2D eigenvalue weighted by Gasteiger charge is -2.34. The van der Waals surface area contributed by atoms with Gasteiger partial charge in [-0.25, -0.2) is 4.79 Å². The highest BCUT2D eigenvalue weighted by atomic mass is 19.4. The lowest BCUT2D eigenvalue weighted by Crippen LogP contribution is -2.47. The van der Waals surface area contributed by atoms with Crippen molar-refractivity contribution in [2.45, 2.75) is 51.4 Å². The number of anilines is 1. The molecule has 27 heavy (non-hydrogen) atoms. The quantitative estimate of drug-likeness (QED) is 0.611. The highest BCUT2D eigenvalue weighted by molar-refractivity contribution is 5.69. The molecule has 0 radical (unpaired) electrons. The van der Waals surface area contributed by atoms with E-state index in [-0.39, 0.29) is 12.2 Å². The second kappa shape index (κ2) is 7.61. The van der Waals surface area contributed by atoms with Crippen molar-refractivity contribution in [3.63, 3.8) is 0 Å². The van der Waals surface area contributed by atoms with Crippen molar-refractivity contribution < 1.29 is 27.6 Å². The lowest BCUT2D eigenvalue weighted by molar-refractivity contribution is -0.384. The van der Waals surface area contributed by atoms with Gasteiger partial charge >= 0.3 is 12.3 Å². The van der Waals surface area contributed by atoms with Crippen LogP contribution in [0.2, 0.25) is 0 Å². The monoisotopic (exact) mass is 389 g/mol. The molecule has 7 nitrogen and oxygen atoms in total. The Bertz CT molecular complexity index is 716. The molecule has 0 spiro atoms. The largest absolute Gasteiger partial charge is 0.444 e. The van der Waals surface area contributed by atoms with Gasteiger partial charge < -0.3 is 15.0 Å². The summed E-state index contributed by atoms with van der Waals surface area (Å²) in [6.45, 7) is 5.84. The Labute approximate surface area is 154 Å². The third kappa shape index (κ3) is 5.73. The number of rotatable bonds is 3. The van der Waals surface area contributed by atoms with Crippen LogP contribution in [-0.2, 0) is 10.9 Å². The average Bonchev–Trinajstić information content (AvgIpc) is 2.52. The normalized spacial score (nSPS) is 18.1. The number of nitro benzene ring substituents is 1. The molecule has 0 aromatic heterocycles. The minimum atomic E-state index is -4.61. The van der Waals surface area contributed by atoms with Crippen molar-refractivity contribution in [3.8, 4) is 0 Å². The highest BCUT2D eigenvalue weighted by Crippen LogP contribution is 2.35. The zero-order valence-corrected chi connectivity index (χ0v) is 15.3. The molecule has 0 bridgehead atoms. The number of carbonyl (C=O) groups is 1. The van der Waals surface area contributed by atoms with E-state index in [2.05, 4.69) is 5.32 Å². The standard InChI is InChI=1S/C17H22F3N3O4/c1-16(2,3)27-15(24)22-8-4-5-12(10-22)21-13-9-11(17(18,19)20)6-7-14(13)23(25)26/h6-7,9,12,21H,4-5,8,10H2,1-3H3/t12-/m1/s1. The summed E-state index contributed by atoms with van der Waals surface area (Å²) in [5.74, 6) is 0. The third-order valence-electron chi connectivity index (χ3n) is 3.95. The summed E-state index contributed by atoms with van der Waals surface area (Å²) < 4.78 is 44.1. The summed E-state index contributed by atoms with van der Waals surface area (Å²) in [5, 5.41) is 14.0. The number of amides is 1. The number of alkyl halides is 3. The van der Waals surface area contributed by atoms with Gasteiger partial charge in [-0.2, -0.15) is 13.2 Å². The maximum absolute atomic E-state index is 12.9. The van der Waals surface area contributed by atoms with Gasteiger partial charge in [0.2, 0.25) is 0 Å². The van der Waals surface area contributed by atoms with E-state index in [0.717, 1.165) is 12.1 Å².